The lowest BCUT2D eigenvalue weighted by Crippen LogP contribution is -1.87. The molecule has 0 unspecified atom stereocenters. The van der Waals surface area contributed by atoms with Gasteiger partial charge in [0.2, 0.25) is 11.5 Å². The van der Waals surface area contributed by atoms with Gasteiger partial charge in [-0.05, 0) is 0 Å². The van der Waals surface area contributed by atoms with Crippen LogP contribution in [-0.4, -0.2) is 30.6 Å². The Hall–Kier alpha value is -2.96. The average Bonchev–Trinajstić information content (AvgIpc) is 2.29. The number of phenolic OH excluding ortho intramolecular Hbond substituents is 6. The first-order valence-electron chi connectivity index (χ1n) is 5.06. The summed E-state index contributed by atoms with van der Waals surface area (Å²) in [4.78, 5) is 0. The van der Waals surface area contributed by atoms with Crippen molar-refractivity contribution in [2.45, 2.75) is 0 Å². The zero-order valence-corrected chi connectivity index (χ0v) is 9.40. The van der Waals surface area contributed by atoms with E-state index in [1.54, 1.807) is 0 Å². The van der Waals surface area contributed by atoms with Gasteiger partial charge < -0.3 is 35.4 Å². The highest BCUT2D eigenvalue weighted by Crippen LogP contribution is 2.46. The lowest BCUT2D eigenvalue weighted by molar-refractivity contribution is 0.340. The highest BCUT2D eigenvalue weighted by Gasteiger charge is 2.17. The van der Waals surface area contributed by atoms with Crippen LogP contribution in [-0.2, 0) is 0 Å². The molecule has 7 nitrogen and oxygen atoms in total. The predicted molar refractivity (Wildman–Crippen MR) is 62.9 cm³/mol. The highest BCUT2D eigenvalue weighted by atomic mass is 16.5. The summed E-state index contributed by atoms with van der Waals surface area (Å²) in [6.07, 6.45) is 0. The van der Waals surface area contributed by atoms with Crippen LogP contribution in [0.2, 0.25) is 0 Å². The largest absolute Gasteiger partial charge is 0.508 e. The van der Waals surface area contributed by atoms with Crippen molar-refractivity contribution >= 4 is 0 Å². The van der Waals surface area contributed by atoms with E-state index in [0.717, 1.165) is 24.3 Å². The first-order chi connectivity index (χ1) is 8.88. The highest BCUT2D eigenvalue weighted by molar-refractivity contribution is 5.59. The number of benzene rings is 2. The molecule has 6 N–H and O–H groups in total. The molecular weight excluding hydrogens is 256 g/mol. The summed E-state index contributed by atoms with van der Waals surface area (Å²) in [7, 11) is 0. The van der Waals surface area contributed by atoms with Crippen molar-refractivity contribution in [3.05, 3.63) is 24.3 Å². The number of hydrogen-bond acceptors (Lipinski definition) is 7. The SMILES string of the molecule is Oc1cc(O)c(Oc2cc(O)cc(O)c2O)c(O)c1. The normalized spacial score (nSPS) is 10.3. The van der Waals surface area contributed by atoms with Crippen molar-refractivity contribution in [3.63, 3.8) is 0 Å². The van der Waals surface area contributed by atoms with Gasteiger partial charge in [-0.2, -0.15) is 0 Å². The fraction of sp³-hybridized carbons (Fsp3) is 0. The second-order valence-corrected chi connectivity index (χ2v) is 3.73. The third-order valence-electron chi connectivity index (χ3n) is 2.29. The second kappa shape index (κ2) is 4.37. The maximum atomic E-state index is 9.52. The lowest BCUT2D eigenvalue weighted by atomic mass is 10.2. The summed E-state index contributed by atoms with van der Waals surface area (Å²) < 4.78 is 5.01. The monoisotopic (exact) mass is 266 g/mol. The second-order valence-electron chi connectivity index (χ2n) is 3.73. The number of rotatable bonds is 2. The fourth-order valence-corrected chi connectivity index (χ4v) is 1.46. The maximum Gasteiger partial charge on any atom is 0.211 e. The average molecular weight is 266 g/mol. The van der Waals surface area contributed by atoms with Gasteiger partial charge in [0, 0.05) is 24.3 Å². The Balaban J connectivity index is 2.48. The molecule has 0 saturated heterocycles. The first kappa shape index (κ1) is 12.5. The van der Waals surface area contributed by atoms with Crippen molar-refractivity contribution in [2.75, 3.05) is 0 Å². The molecule has 0 bridgehead atoms. The zero-order chi connectivity index (χ0) is 14.2. The van der Waals surface area contributed by atoms with E-state index in [1.807, 2.05) is 0 Å². The molecule has 0 aromatic heterocycles. The van der Waals surface area contributed by atoms with Gasteiger partial charge in [-0.25, -0.2) is 0 Å². The van der Waals surface area contributed by atoms with Crippen LogP contribution in [0.4, 0.5) is 0 Å². The summed E-state index contributed by atoms with van der Waals surface area (Å²) in [6, 6.07) is 3.68. The van der Waals surface area contributed by atoms with E-state index in [9.17, 15) is 25.5 Å². The fourth-order valence-electron chi connectivity index (χ4n) is 1.46. The van der Waals surface area contributed by atoms with Gasteiger partial charge in [-0.15, -0.1) is 0 Å². The van der Waals surface area contributed by atoms with E-state index >= 15 is 0 Å². The van der Waals surface area contributed by atoms with E-state index in [-0.39, 0.29) is 17.2 Å². The third kappa shape index (κ3) is 2.34. The molecule has 2 aromatic rings. The van der Waals surface area contributed by atoms with E-state index in [2.05, 4.69) is 0 Å². The van der Waals surface area contributed by atoms with Crippen LogP contribution in [0.1, 0.15) is 0 Å². The Kier molecular flexibility index (Phi) is 2.88. The molecule has 0 aliphatic rings. The minimum absolute atomic E-state index is 0.381. The summed E-state index contributed by atoms with van der Waals surface area (Å²) in [5.41, 5.74) is 0. The summed E-state index contributed by atoms with van der Waals surface area (Å²) in [5.74, 6) is -4.07. The van der Waals surface area contributed by atoms with Gasteiger partial charge in [-0.3, -0.25) is 0 Å². The van der Waals surface area contributed by atoms with E-state index < -0.39 is 28.7 Å². The van der Waals surface area contributed by atoms with Crippen LogP contribution in [0.5, 0.6) is 46.0 Å². The molecule has 0 saturated carbocycles. The van der Waals surface area contributed by atoms with Crippen molar-refractivity contribution in [3.8, 4) is 46.0 Å². The molecule has 0 aliphatic carbocycles. The number of hydrogen-bond donors (Lipinski definition) is 6. The van der Waals surface area contributed by atoms with Gasteiger partial charge in [0.05, 0.1) is 0 Å². The summed E-state index contributed by atoms with van der Waals surface area (Å²) in [5, 5.41) is 56.2. The standard InChI is InChI=1S/C12H10O7/c13-5-2-8(16)12(9(17)3-5)19-10-4-6(14)1-7(15)11(10)18/h1-4,13-18H. The minimum atomic E-state index is -0.676. The van der Waals surface area contributed by atoms with Gasteiger partial charge in [-0.1, -0.05) is 0 Å². The van der Waals surface area contributed by atoms with Crippen LogP contribution >= 0.6 is 0 Å². The topological polar surface area (TPSA) is 131 Å². The lowest BCUT2D eigenvalue weighted by Gasteiger charge is -2.12. The van der Waals surface area contributed by atoms with Gasteiger partial charge in [0.15, 0.2) is 23.0 Å². The van der Waals surface area contributed by atoms with E-state index in [1.165, 1.54) is 0 Å². The Bertz CT molecular complexity index is 613. The molecule has 0 spiro atoms. The molecule has 7 heteroatoms. The molecule has 100 valence electrons. The quantitative estimate of drug-likeness (QED) is 0.360. The first-order valence-corrected chi connectivity index (χ1v) is 5.06. The van der Waals surface area contributed by atoms with Gasteiger partial charge >= 0.3 is 0 Å². The van der Waals surface area contributed by atoms with Crippen LogP contribution in [0.3, 0.4) is 0 Å². The Morgan fingerprint density at radius 3 is 1.68 bits per heavy atom. The van der Waals surface area contributed by atoms with Crippen molar-refractivity contribution in [2.24, 2.45) is 0 Å². The summed E-state index contributed by atoms with van der Waals surface area (Å²) >= 11 is 0. The van der Waals surface area contributed by atoms with Crippen LogP contribution in [0.15, 0.2) is 24.3 Å². The smallest absolute Gasteiger partial charge is 0.211 e. The van der Waals surface area contributed by atoms with E-state index in [4.69, 9.17) is 9.84 Å². The summed E-state index contributed by atoms with van der Waals surface area (Å²) in [6.45, 7) is 0. The third-order valence-corrected chi connectivity index (χ3v) is 2.29. The van der Waals surface area contributed by atoms with E-state index in [0.29, 0.717) is 0 Å². The van der Waals surface area contributed by atoms with Gasteiger partial charge in [0.25, 0.3) is 0 Å². The maximum absolute atomic E-state index is 9.52. The molecule has 0 amide bonds. The molecular formula is C12H10O7. The molecule has 0 fully saturated rings. The Morgan fingerprint density at radius 1 is 0.632 bits per heavy atom. The molecule has 2 rings (SSSR count). The molecule has 2 aromatic carbocycles. The Morgan fingerprint density at radius 2 is 1.11 bits per heavy atom. The zero-order valence-electron chi connectivity index (χ0n) is 9.40. The molecule has 0 atom stereocenters. The number of aromatic hydroxyl groups is 6. The molecule has 0 aliphatic heterocycles. The van der Waals surface area contributed by atoms with Crippen molar-refractivity contribution in [1.82, 2.24) is 0 Å². The van der Waals surface area contributed by atoms with Gasteiger partial charge in [0.1, 0.15) is 11.5 Å². The predicted octanol–water partition coefficient (Wildman–Crippen LogP) is 1.71. The van der Waals surface area contributed by atoms with Crippen LogP contribution in [0, 0.1) is 0 Å². The number of phenols is 6. The Labute approximate surface area is 106 Å². The van der Waals surface area contributed by atoms with Crippen molar-refractivity contribution < 1.29 is 35.4 Å². The minimum Gasteiger partial charge on any atom is -0.508 e. The molecule has 0 heterocycles. The van der Waals surface area contributed by atoms with Crippen molar-refractivity contribution in [1.29, 1.82) is 0 Å². The number of ether oxygens (including phenoxy) is 1. The molecule has 19 heavy (non-hydrogen) atoms. The molecule has 0 radical (unpaired) electrons. The van der Waals surface area contributed by atoms with Crippen LogP contribution < -0.4 is 4.74 Å². The van der Waals surface area contributed by atoms with Crippen LogP contribution in [0.25, 0.3) is 0 Å².